The molecule has 4 amide bonds. The number of carbonyl (C=O) groups excluding carboxylic acids is 5. The fourth-order valence-corrected chi connectivity index (χ4v) is 9.23. The molecule has 3 saturated carbocycles. The predicted molar refractivity (Wildman–Crippen MR) is 185 cm³/mol. The molecule has 13 nitrogen and oxygen atoms in total. The van der Waals surface area contributed by atoms with Crippen molar-refractivity contribution in [1.29, 1.82) is 0 Å². The molecule has 0 aromatic heterocycles. The lowest BCUT2D eigenvalue weighted by Gasteiger charge is -2.35. The molecule has 7 atom stereocenters. The first-order chi connectivity index (χ1) is 23.6. The zero-order chi connectivity index (χ0) is 36.3. The van der Waals surface area contributed by atoms with E-state index < -0.39 is 79.9 Å². The number of nitrogens with zero attached hydrogens (tertiary/aromatic N) is 1. The van der Waals surface area contributed by atoms with Gasteiger partial charge in [0.1, 0.15) is 17.7 Å². The number of sulfonamides is 1. The van der Waals surface area contributed by atoms with E-state index in [0.29, 0.717) is 12.8 Å². The Hall–Kier alpha value is -3.16. The summed E-state index contributed by atoms with van der Waals surface area (Å²) in [5.74, 6) is -3.50. The fourth-order valence-electron chi connectivity index (χ4n) is 7.86. The second-order valence-corrected chi connectivity index (χ2v) is 18.1. The third kappa shape index (κ3) is 9.19. The van der Waals surface area contributed by atoms with Crippen LogP contribution in [0.25, 0.3) is 0 Å². The van der Waals surface area contributed by atoms with Gasteiger partial charge in [-0.1, -0.05) is 59.0 Å². The highest BCUT2D eigenvalue weighted by molar-refractivity contribution is 7.91. The molecule has 0 radical (unpaired) electrons. The number of hydrogen-bond acceptors (Lipinski definition) is 9. The van der Waals surface area contributed by atoms with E-state index in [-0.39, 0.29) is 44.4 Å². The quantitative estimate of drug-likeness (QED) is 0.272. The van der Waals surface area contributed by atoms with Crippen LogP contribution in [-0.2, 0) is 38.7 Å². The van der Waals surface area contributed by atoms with E-state index >= 15 is 0 Å². The maximum absolute atomic E-state index is 14.4. The molecule has 50 heavy (non-hydrogen) atoms. The van der Waals surface area contributed by atoms with Crippen LogP contribution in [0.5, 0.6) is 0 Å². The number of alkyl carbamates (subject to hydrolysis) is 1. The summed E-state index contributed by atoms with van der Waals surface area (Å²) in [6.45, 7) is 9.56. The smallest absolute Gasteiger partial charge is 0.407 e. The van der Waals surface area contributed by atoms with Crippen molar-refractivity contribution in [1.82, 2.24) is 20.3 Å². The van der Waals surface area contributed by atoms with Gasteiger partial charge < -0.3 is 25.0 Å². The monoisotopic (exact) mass is 720 g/mol. The van der Waals surface area contributed by atoms with E-state index in [0.717, 1.165) is 64.2 Å². The topological polar surface area (TPSA) is 177 Å². The van der Waals surface area contributed by atoms with E-state index in [1.807, 2.05) is 20.8 Å². The molecule has 0 aromatic carbocycles. The minimum atomic E-state index is -3.88. The van der Waals surface area contributed by atoms with Crippen molar-refractivity contribution in [3.05, 3.63) is 12.7 Å². The SMILES string of the molecule is C=C[C@@H]1C[C@]1(NC(=O)[C@@H]1C[C@@H]2CN1C(=O)[C@H](C(C)(C)C)CC(=O)OCCCCCCCC1CCCCC1OC(=O)N2)C(=O)NS(=O)(=O)C1CC1. The van der Waals surface area contributed by atoms with Gasteiger partial charge in [-0.25, -0.2) is 13.2 Å². The maximum atomic E-state index is 14.4. The number of cyclic esters (lactones) is 1. The molecule has 0 spiro atoms. The van der Waals surface area contributed by atoms with Gasteiger partial charge in [0.05, 0.1) is 30.2 Å². The fraction of sp³-hybridized carbons (Fsp3) is 0.806. The van der Waals surface area contributed by atoms with Crippen LogP contribution in [0.4, 0.5) is 4.79 Å². The van der Waals surface area contributed by atoms with Crippen LogP contribution in [0.2, 0.25) is 0 Å². The molecular weight excluding hydrogens is 664 g/mol. The standard InChI is InChI=1S/C36H56N4O9S/c1-5-24-21-36(24,33(44)39-50(46,47)26-16-17-26)38-31(42)28-19-25-22-40(28)32(43)27(35(2,3)4)20-30(41)48-18-12-8-6-7-9-13-23-14-10-11-15-29(23)49-34(45)37-25/h5,23-29H,1,6-22H2,2-4H3,(H,37,45)(H,38,42)(H,39,44)/t23?,24-,25-,27-,28+,29?,36-/m1/s1. The van der Waals surface area contributed by atoms with Crippen LogP contribution in [0.3, 0.4) is 0 Å². The van der Waals surface area contributed by atoms with Crippen molar-refractivity contribution in [3.8, 4) is 0 Å². The lowest BCUT2D eigenvalue weighted by molar-refractivity contribution is -0.153. The summed E-state index contributed by atoms with van der Waals surface area (Å²) in [6, 6.07) is -1.75. The number of nitrogens with one attached hydrogen (secondary N) is 3. The molecule has 280 valence electrons. The van der Waals surface area contributed by atoms with Gasteiger partial charge in [-0.3, -0.25) is 23.9 Å². The predicted octanol–water partition coefficient (Wildman–Crippen LogP) is 3.86. The molecule has 2 saturated heterocycles. The molecular formula is C36H56N4O9S. The summed E-state index contributed by atoms with van der Waals surface area (Å²) in [7, 11) is -3.88. The normalized spacial score (nSPS) is 33.5. The lowest BCUT2D eigenvalue weighted by atomic mass is 9.77. The van der Waals surface area contributed by atoms with Gasteiger partial charge >= 0.3 is 12.1 Å². The number of esters is 1. The Labute approximate surface area is 296 Å². The van der Waals surface area contributed by atoms with Gasteiger partial charge in [0, 0.05) is 12.5 Å². The largest absolute Gasteiger partial charge is 0.466 e. The van der Waals surface area contributed by atoms with Gasteiger partial charge in [0.15, 0.2) is 0 Å². The Bertz CT molecular complexity index is 1420. The Morgan fingerprint density at radius 3 is 2.30 bits per heavy atom. The Morgan fingerprint density at radius 1 is 0.980 bits per heavy atom. The van der Waals surface area contributed by atoms with Gasteiger partial charge in [-0.2, -0.15) is 0 Å². The Balaban J connectivity index is 1.38. The molecule has 2 aliphatic heterocycles. The number of rotatable bonds is 6. The van der Waals surface area contributed by atoms with Crippen molar-refractivity contribution in [2.24, 2.45) is 23.2 Å². The first-order valence-electron chi connectivity index (χ1n) is 18.6. The highest BCUT2D eigenvalue weighted by atomic mass is 32.2. The molecule has 3 N–H and O–H groups in total. The van der Waals surface area contributed by atoms with Gasteiger partial charge in [0.2, 0.25) is 21.8 Å². The van der Waals surface area contributed by atoms with Crippen molar-refractivity contribution >= 4 is 39.8 Å². The summed E-state index contributed by atoms with van der Waals surface area (Å²) in [6.07, 6.45) is 11.3. The zero-order valence-corrected chi connectivity index (χ0v) is 30.7. The molecule has 3 aliphatic carbocycles. The van der Waals surface area contributed by atoms with E-state index in [1.165, 1.54) is 11.0 Å². The zero-order valence-electron chi connectivity index (χ0n) is 29.9. The molecule has 0 aromatic rings. The van der Waals surface area contributed by atoms with E-state index in [4.69, 9.17) is 9.47 Å². The van der Waals surface area contributed by atoms with Crippen LogP contribution in [0.15, 0.2) is 12.7 Å². The molecule has 5 rings (SSSR count). The number of hydrogen-bond donors (Lipinski definition) is 3. The number of ether oxygens (including phenoxy) is 2. The third-order valence-electron chi connectivity index (χ3n) is 11.3. The van der Waals surface area contributed by atoms with Gasteiger partial charge in [0.25, 0.3) is 5.91 Å². The summed E-state index contributed by atoms with van der Waals surface area (Å²) in [5.41, 5.74) is -2.22. The second kappa shape index (κ2) is 15.6. The van der Waals surface area contributed by atoms with Gasteiger partial charge in [-0.05, 0) is 69.1 Å². The van der Waals surface area contributed by atoms with Crippen molar-refractivity contribution in [2.45, 2.75) is 146 Å². The van der Waals surface area contributed by atoms with Crippen LogP contribution in [0, 0.1) is 23.2 Å². The van der Waals surface area contributed by atoms with Crippen LogP contribution in [0.1, 0.15) is 117 Å². The number of fused-ring (bicyclic) bond motifs is 3. The lowest BCUT2D eigenvalue weighted by Crippen LogP contribution is -2.57. The third-order valence-corrected chi connectivity index (χ3v) is 13.1. The van der Waals surface area contributed by atoms with E-state index in [1.54, 1.807) is 0 Å². The van der Waals surface area contributed by atoms with E-state index in [9.17, 15) is 32.4 Å². The van der Waals surface area contributed by atoms with Crippen LogP contribution < -0.4 is 15.4 Å². The molecule has 2 heterocycles. The van der Waals surface area contributed by atoms with Crippen LogP contribution >= 0.6 is 0 Å². The highest BCUT2D eigenvalue weighted by Gasteiger charge is 2.62. The van der Waals surface area contributed by atoms with Crippen molar-refractivity contribution in [3.63, 3.8) is 0 Å². The number of carbonyl (C=O) groups is 5. The van der Waals surface area contributed by atoms with Crippen LogP contribution in [-0.4, -0.2) is 85.2 Å². The maximum Gasteiger partial charge on any atom is 0.407 e. The average Bonchev–Trinajstić information content (AvgIpc) is 3.97. The van der Waals surface area contributed by atoms with Crippen molar-refractivity contribution < 1.29 is 41.9 Å². The first kappa shape index (κ1) is 38.1. The molecule has 2 unspecified atom stereocenters. The summed E-state index contributed by atoms with van der Waals surface area (Å²) in [5, 5.41) is 5.05. The molecule has 5 fully saturated rings. The minimum Gasteiger partial charge on any atom is -0.466 e. The molecule has 14 heteroatoms. The minimum absolute atomic E-state index is 0.0120. The average molecular weight is 721 g/mol. The van der Waals surface area contributed by atoms with Gasteiger partial charge in [-0.15, -0.1) is 6.58 Å². The molecule has 5 aliphatic rings. The first-order valence-corrected chi connectivity index (χ1v) is 20.1. The number of amides is 4. The molecule has 2 bridgehead atoms. The summed E-state index contributed by atoms with van der Waals surface area (Å²) < 4.78 is 39.0. The highest BCUT2D eigenvalue weighted by Crippen LogP contribution is 2.45. The Kier molecular flexibility index (Phi) is 11.9. The summed E-state index contributed by atoms with van der Waals surface area (Å²) >= 11 is 0. The Morgan fingerprint density at radius 2 is 1.64 bits per heavy atom. The second-order valence-electron chi connectivity index (χ2n) is 16.2. The van der Waals surface area contributed by atoms with E-state index in [2.05, 4.69) is 21.9 Å². The summed E-state index contributed by atoms with van der Waals surface area (Å²) in [4.78, 5) is 69.6. The van der Waals surface area contributed by atoms with Crippen molar-refractivity contribution in [2.75, 3.05) is 13.2 Å².